The van der Waals surface area contributed by atoms with E-state index in [9.17, 15) is 0 Å². The molecule has 0 N–H and O–H groups in total. The van der Waals surface area contributed by atoms with Crippen LogP contribution in [0, 0.1) is 5.92 Å². The van der Waals surface area contributed by atoms with Gasteiger partial charge in [0.15, 0.2) is 0 Å². The molecule has 4 rings (SSSR count). The average molecular weight is 279 g/mol. The van der Waals surface area contributed by atoms with Gasteiger partial charge in [0.05, 0.1) is 23.6 Å². The fourth-order valence-corrected chi connectivity index (χ4v) is 3.82. The molecule has 108 valence electrons. The summed E-state index contributed by atoms with van der Waals surface area (Å²) < 4.78 is 2.38. The van der Waals surface area contributed by atoms with E-state index in [1.54, 1.807) is 0 Å². The van der Waals surface area contributed by atoms with Gasteiger partial charge in [-0.05, 0) is 31.7 Å². The maximum absolute atomic E-state index is 4.59. The molecule has 1 aliphatic carbocycles. The molecule has 1 saturated carbocycles. The predicted molar refractivity (Wildman–Crippen MR) is 86.3 cm³/mol. The summed E-state index contributed by atoms with van der Waals surface area (Å²) in [7, 11) is 0. The first-order valence-electron chi connectivity index (χ1n) is 8.05. The molecule has 0 amide bonds. The monoisotopic (exact) mass is 279 g/mol. The van der Waals surface area contributed by atoms with Gasteiger partial charge in [0.1, 0.15) is 5.52 Å². The summed E-state index contributed by atoms with van der Waals surface area (Å²) in [5, 5.41) is 1.22. The summed E-state index contributed by atoms with van der Waals surface area (Å²) in [6, 6.07) is 8.90. The van der Waals surface area contributed by atoms with Crippen molar-refractivity contribution in [2.75, 3.05) is 0 Å². The normalized spacial score (nSPS) is 18.3. The Hall–Kier alpha value is -1.90. The molecule has 3 heteroatoms. The fraction of sp³-hybridized carbons (Fsp3) is 0.444. The first-order chi connectivity index (χ1) is 10.3. The highest BCUT2D eigenvalue weighted by molar-refractivity contribution is 6.01. The average Bonchev–Trinajstić information content (AvgIpc) is 2.99. The topological polar surface area (TPSA) is 30.7 Å². The molecule has 0 spiro atoms. The van der Waals surface area contributed by atoms with Crippen LogP contribution in [0.4, 0.5) is 0 Å². The van der Waals surface area contributed by atoms with E-state index in [1.165, 1.54) is 43.0 Å². The molecule has 3 nitrogen and oxygen atoms in total. The van der Waals surface area contributed by atoms with Crippen LogP contribution in [0.5, 0.6) is 0 Å². The maximum atomic E-state index is 4.59. The quantitative estimate of drug-likeness (QED) is 0.679. The summed E-state index contributed by atoms with van der Waals surface area (Å²) >= 11 is 0. The molecule has 0 saturated heterocycles. The number of aromatic nitrogens is 3. The van der Waals surface area contributed by atoms with E-state index in [1.807, 2.05) is 18.6 Å². The van der Waals surface area contributed by atoms with E-state index in [0.717, 1.165) is 17.0 Å². The van der Waals surface area contributed by atoms with Crippen LogP contribution in [0.25, 0.3) is 21.9 Å². The Labute approximate surface area is 125 Å². The fourth-order valence-electron chi connectivity index (χ4n) is 3.82. The number of para-hydroxylation sites is 1. The van der Waals surface area contributed by atoms with Crippen LogP contribution < -0.4 is 0 Å². The van der Waals surface area contributed by atoms with Gasteiger partial charge in [-0.15, -0.1) is 0 Å². The van der Waals surface area contributed by atoms with Gasteiger partial charge >= 0.3 is 0 Å². The molecule has 0 radical (unpaired) electrons. The minimum Gasteiger partial charge on any atom is -0.327 e. The number of hydrogen-bond acceptors (Lipinski definition) is 2. The Kier molecular flexibility index (Phi) is 3.13. The van der Waals surface area contributed by atoms with Gasteiger partial charge in [-0.3, -0.25) is 4.98 Å². The third-order valence-corrected chi connectivity index (χ3v) is 5.08. The van der Waals surface area contributed by atoms with Crippen molar-refractivity contribution in [3.05, 3.63) is 36.8 Å². The molecule has 1 unspecified atom stereocenters. The summed E-state index contributed by atoms with van der Waals surface area (Å²) in [6.07, 6.45) is 10.8. The SMILES string of the molecule is CC(C1CCCCC1)n1cnc2cnc3ccccc3c21. The second kappa shape index (κ2) is 5.14. The van der Waals surface area contributed by atoms with Gasteiger partial charge in [-0.1, -0.05) is 37.5 Å². The van der Waals surface area contributed by atoms with Gasteiger partial charge in [0, 0.05) is 11.4 Å². The minimum absolute atomic E-state index is 0.515. The van der Waals surface area contributed by atoms with Crippen molar-refractivity contribution < 1.29 is 0 Å². The number of rotatable bonds is 2. The van der Waals surface area contributed by atoms with Crippen molar-refractivity contribution in [1.82, 2.24) is 14.5 Å². The van der Waals surface area contributed by atoms with Crippen molar-refractivity contribution in [2.24, 2.45) is 5.92 Å². The Morgan fingerprint density at radius 1 is 1.05 bits per heavy atom. The number of benzene rings is 1. The summed E-state index contributed by atoms with van der Waals surface area (Å²) in [5.74, 6) is 0.781. The smallest absolute Gasteiger partial charge is 0.107 e. The Balaban J connectivity index is 1.86. The molecule has 1 aromatic carbocycles. The van der Waals surface area contributed by atoms with E-state index >= 15 is 0 Å². The molecule has 1 aliphatic rings. The summed E-state index contributed by atoms with van der Waals surface area (Å²) in [6.45, 7) is 2.35. The number of nitrogens with zero attached hydrogens (tertiary/aromatic N) is 3. The Morgan fingerprint density at radius 3 is 2.71 bits per heavy atom. The second-order valence-electron chi connectivity index (χ2n) is 6.30. The second-order valence-corrected chi connectivity index (χ2v) is 6.30. The van der Waals surface area contributed by atoms with E-state index in [4.69, 9.17) is 0 Å². The highest BCUT2D eigenvalue weighted by Crippen LogP contribution is 2.35. The molecule has 2 aromatic heterocycles. The predicted octanol–water partition coefficient (Wildman–Crippen LogP) is 4.73. The Morgan fingerprint density at radius 2 is 1.86 bits per heavy atom. The van der Waals surface area contributed by atoms with Gasteiger partial charge in [0.2, 0.25) is 0 Å². The molecule has 3 aromatic rings. The molecule has 2 heterocycles. The Bertz CT molecular complexity index is 768. The molecular formula is C18H21N3. The molecule has 0 aliphatic heterocycles. The number of hydrogen-bond donors (Lipinski definition) is 0. The lowest BCUT2D eigenvalue weighted by Crippen LogP contribution is -2.18. The van der Waals surface area contributed by atoms with Crippen molar-refractivity contribution in [1.29, 1.82) is 0 Å². The third kappa shape index (κ3) is 2.11. The zero-order valence-electron chi connectivity index (χ0n) is 12.5. The lowest BCUT2D eigenvalue weighted by Gasteiger charge is -2.29. The van der Waals surface area contributed by atoms with Crippen molar-refractivity contribution in [3.63, 3.8) is 0 Å². The summed E-state index contributed by atoms with van der Waals surface area (Å²) in [5.41, 5.74) is 3.32. The first kappa shape index (κ1) is 12.8. The first-order valence-corrected chi connectivity index (χ1v) is 8.05. The highest BCUT2D eigenvalue weighted by atomic mass is 15.1. The van der Waals surface area contributed by atoms with Crippen LogP contribution in [0.3, 0.4) is 0 Å². The molecule has 21 heavy (non-hydrogen) atoms. The number of imidazole rings is 1. The standard InChI is InChI=1S/C18H21N3/c1-13(14-7-3-2-4-8-14)21-12-20-17-11-19-16-10-6-5-9-15(16)18(17)21/h5-6,9-14H,2-4,7-8H2,1H3. The van der Waals surface area contributed by atoms with Crippen molar-refractivity contribution >= 4 is 21.9 Å². The van der Waals surface area contributed by atoms with Gasteiger partial charge < -0.3 is 4.57 Å². The van der Waals surface area contributed by atoms with Crippen molar-refractivity contribution in [3.8, 4) is 0 Å². The third-order valence-electron chi connectivity index (χ3n) is 5.08. The summed E-state index contributed by atoms with van der Waals surface area (Å²) in [4.78, 5) is 9.10. The van der Waals surface area contributed by atoms with E-state index in [-0.39, 0.29) is 0 Å². The number of pyridine rings is 1. The lowest BCUT2D eigenvalue weighted by atomic mass is 9.84. The zero-order valence-corrected chi connectivity index (χ0v) is 12.5. The lowest BCUT2D eigenvalue weighted by molar-refractivity contribution is 0.268. The van der Waals surface area contributed by atoms with E-state index in [2.05, 4.69) is 39.7 Å². The van der Waals surface area contributed by atoms with Crippen molar-refractivity contribution in [2.45, 2.75) is 45.1 Å². The van der Waals surface area contributed by atoms with Crippen LogP contribution in [0.1, 0.15) is 45.1 Å². The largest absolute Gasteiger partial charge is 0.327 e. The van der Waals surface area contributed by atoms with E-state index in [0.29, 0.717) is 6.04 Å². The highest BCUT2D eigenvalue weighted by Gasteiger charge is 2.23. The number of fused-ring (bicyclic) bond motifs is 3. The van der Waals surface area contributed by atoms with Crippen LogP contribution in [0.15, 0.2) is 36.8 Å². The van der Waals surface area contributed by atoms with E-state index < -0.39 is 0 Å². The van der Waals surface area contributed by atoms with Crippen LogP contribution in [0.2, 0.25) is 0 Å². The molecule has 0 bridgehead atoms. The van der Waals surface area contributed by atoms with Gasteiger partial charge in [-0.25, -0.2) is 4.98 Å². The molecular weight excluding hydrogens is 258 g/mol. The maximum Gasteiger partial charge on any atom is 0.107 e. The van der Waals surface area contributed by atoms with Gasteiger partial charge in [-0.2, -0.15) is 0 Å². The minimum atomic E-state index is 0.515. The van der Waals surface area contributed by atoms with Crippen LogP contribution in [-0.2, 0) is 0 Å². The van der Waals surface area contributed by atoms with Crippen LogP contribution in [-0.4, -0.2) is 14.5 Å². The zero-order chi connectivity index (χ0) is 14.2. The molecule has 1 atom stereocenters. The van der Waals surface area contributed by atoms with Gasteiger partial charge in [0.25, 0.3) is 0 Å². The molecule has 1 fully saturated rings. The van der Waals surface area contributed by atoms with Crippen LogP contribution >= 0.6 is 0 Å².